The molecular weight excluding hydrogens is 174 g/mol. The molecule has 0 aliphatic heterocycles. The normalized spacial score (nSPS) is 10.1. The van der Waals surface area contributed by atoms with E-state index in [1.54, 1.807) is 6.20 Å². The minimum Gasteiger partial charge on any atom is -0.399 e. The third-order valence-corrected chi connectivity index (χ3v) is 2.11. The average molecular weight is 185 g/mol. The van der Waals surface area contributed by atoms with Crippen LogP contribution in [0.1, 0.15) is 5.56 Å². The lowest BCUT2D eigenvalue weighted by atomic mass is 10.1. The molecule has 1 aromatic heterocycles. The molecular formula is C11H11N3. The number of anilines is 1. The zero-order chi connectivity index (χ0) is 9.97. The van der Waals surface area contributed by atoms with Crippen LogP contribution in [0.15, 0.2) is 36.5 Å². The lowest BCUT2D eigenvalue weighted by Crippen LogP contribution is -1.91. The summed E-state index contributed by atoms with van der Waals surface area (Å²) in [5, 5.41) is 7.95. The molecule has 1 aromatic carbocycles. The number of benzene rings is 1. The van der Waals surface area contributed by atoms with Gasteiger partial charge in [0.2, 0.25) is 0 Å². The van der Waals surface area contributed by atoms with Gasteiger partial charge in [0.1, 0.15) is 0 Å². The van der Waals surface area contributed by atoms with Crippen LogP contribution in [0.5, 0.6) is 0 Å². The highest BCUT2D eigenvalue weighted by atomic mass is 15.1. The van der Waals surface area contributed by atoms with Gasteiger partial charge in [0.25, 0.3) is 0 Å². The van der Waals surface area contributed by atoms with Crippen LogP contribution in [-0.2, 0) is 0 Å². The molecule has 0 atom stereocenters. The van der Waals surface area contributed by atoms with Gasteiger partial charge in [0, 0.05) is 17.4 Å². The van der Waals surface area contributed by atoms with E-state index >= 15 is 0 Å². The lowest BCUT2D eigenvalue weighted by molar-refractivity contribution is 1.02. The topological polar surface area (TPSA) is 51.8 Å². The first-order valence-electron chi connectivity index (χ1n) is 4.41. The van der Waals surface area contributed by atoms with Crippen LogP contribution in [0, 0.1) is 6.92 Å². The van der Waals surface area contributed by atoms with Gasteiger partial charge in [0.15, 0.2) is 0 Å². The van der Waals surface area contributed by atoms with E-state index < -0.39 is 0 Å². The van der Waals surface area contributed by atoms with Crippen molar-refractivity contribution in [3.63, 3.8) is 0 Å². The fraction of sp³-hybridized carbons (Fsp3) is 0.0909. The van der Waals surface area contributed by atoms with Crippen LogP contribution in [0.4, 0.5) is 5.69 Å². The van der Waals surface area contributed by atoms with Crippen LogP contribution < -0.4 is 5.73 Å². The second-order valence-electron chi connectivity index (χ2n) is 3.18. The fourth-order valence-electron chi connectivity index (χ4n) is 1.32. The first-order valence-corrected chi connectivity index (χ1v) is 4.41. The van der Waals surface area contributed by atoms with Gasteiger partial charge in [-0.1, -0.05) is 12.1 Å². The zero-order valence-electron chi connectivity index (χ0n) is 7.94. The molecule has 0 radical (unpaired) electrons. The Labute approximate surface area is 82.6 Å². The molecule has 0 bridgehead atoms. The molecule has 0 saturated carbocycles. The number of nitrogens with two attached hydrogens (primary N) is 1. The summed E-state index contributed by atoms with van der Waals surface area (Å²) in [5.41, 5.74) is 9.44. The van der Waals surface area contributed by atoms with Crippen molar-refractivity contribution in [2.75, 3.05) is 5.73 Å². The first-order chi connectivity index (χ1) is 6.77. The summed E-state index contributed by atoms with van der Waals surface area (Å²) in [4.78, 5) is 0. The van der Waals surface area contributed by atoms with Crippen molar-refractivity contribution in [3.05, 3.63) is 42.1 Å². The Morgan fingerprint density at radius 1 is 1.07 bits per heavy atom. The van der Waals surface area contributed by atoms with E-state index in [4.69, 9.17) is 5.73 Å². The van der Waals surface area contributed by atoms with E-state index in [1.165, 1.54) is 0 Å². The van der Waals surface area contributed by atoms with Gasteiger partial charge in [0.05, 0.1) is 5.69 Å². The molecule has 0 spiro atoms. The number of aryl methyl sites for hydroxylation is 1. The molecule has 2 N–H and O–H groups in total. The Bertz CT molecular complexity index is 435. The Kier molecular flexibility index (Phi) is 2.14. The number of aromatic nitrogens is 2. The van der Waals surface area contributed by atoms with Gasteiger partial charge in [-0.15, -0.1) is 0 Å². The molecule has 0 amide bonds. The molecule has 2 rings (SSSR count). The molecule has 0 saturated heterocycles. The Balaban J connectivity index is 2.50. The molecule has 0 aliphatic rings. The van der Waals surface area contributed by atoms with Crippen molar-refractivity contribution < 1.29 is 0 Å². The average Bonchev–Trinajstić information content (AvgIpc) is 2.20. The predicted octanol–water partition coefficient (Wildman–Crippen LogP) is 2.03. The highest BCUT2D eigenvalue weighted by molar-refractivity contribution is 5.64. The Hall–Kier alpha value is -1.90. The Morgan fingerprint density at radius 2 is 1.79 bits per heavy atom. The minimum absolute atomic E-state index is 0.760. The number of nitrogen functional groups attached to an aromatic ring is 1. The quantitative estimate of drug-likeness (QED) is 0.691. The number of rotatable bonds is 1. The summed E-state index contributed by atoms with van der Waals surface area (Å²) < 4.78 is 0. The largest absolute Gasteiger partial charge is 0.399 e. The minimum atomic E-state index is 0.760. The van der Waals surface area contributed by atoms with Gasteiger partial charge in [-0.3, -0.25) is 0 Å². The van der Waals surface area contributed by atoms with Gasteiger partial charge < -0.3 is 5.73 Å². The third-order valence-electron chi connectivity index (χ3n) is 2.11. The molecule has 2 aromatic rings. The van der Waals surface area contributed by atoms with Gasteiger partial charge in [-0.05, 0) is 30.7 Å². The summed E-state index contributed by atoms with van der Waals surface area (Å²) >= 11 is 0. The van der Waals surface area contributed by atoms with Crippen molar-refractivity contribution >= 4 is 5.69 Å². The number of nitrogens with zero attached hydrogens (tertiary/aromatic N) is 2. The molecule has 0 fully saturated rings. The SMILES string of the molecule is Cc1ccnnc1-c1ccc(N)cc1. The molecule has 3 nitrogen and oxygen atoms in total. The van der Waals surface area contributed by atoms with Crippen LogP contribution in [0.3, 0.4) is 0 Å². The summed E-state index contributed by atoms with van der Waals surface area (Å²) in [5.74, 6) is 0. The smallest absolute Gasteiger partial charge is 0.0958 e. The predicted molar refractivity (Wildman–Crippen MR) is 56.6 cm³/mol. The van der Waals surface area contributed by atoms with Crippen LogP contribution >= 0.6 is 0 Å². The maximum atomic E-state index is 5.61. The number of hydrogen-bond acceptors (Lipinski definition) is 3. The summed E-state index contributed by atoms with van der Waals surface area (Å²) in [6, 6.07) is 9.57. The van der Waals surface area contributed by atoms with E-state index in [9.17, 15) is 0 Å². The Morgan fingerprint density at radius 3 is 2.43 bits per heavy atom. The van der Waals surface area contributed by atoms with Gasteiger partial charge in [-0.25, -0.2) is 0 Å². The maximum absolute atomic E-state index is 5.61. The second kappa shape index (κ2) is 3.46. The first kappa shape index (κ1) is 8.69. The van der Waals surface area contributed by atoms with E-state index in [0.717, 1.165) is 22.5 Å². The van der Waals surface area contributed by atoms with E-state index in [-0.39, 0.29) is 0 Å². The molecule has 14 heavy (non-hydrogen) atoms. The maximum Gasteiger partial charge on any atom is 0.0958 e. The van der Waals surface area contributed by atoms with E-state index in [1.807, 2.05) is 37.3 Å². The molecule has 0 aliphatic carbocycles. The van der Waals surface area contributed by atoms with Crippen LogP contribution in [0.25, 0.3) is 11.3 Å². The monoisotopic (exact) mass is 185 g/mol. The third kappa shape index (κ3) is 1.57. The van der Waals surface area contributed by atoms with Crippen molar-refractivity contribution in [1.82, 2.24) is 10.2 Å². The summed E-state index contributed by atoms with van der Waals surface area (Å²) in [6.07, 6.45) is 1.69. The molecule has 0 unspecified atom stereocenters. The van der Waals surface area contributed by atoms with Crippen molar-refractivity contribution in [2.45, 2.75) is 6.92 Å². The number of hydrogen-bond donors (Lipinski definition) is 1. The van der Waals surface area contributed by atoms with Crippen molar-refractivity contribution in [3.8, 4) is 11.3 Å². The van der Waals surface area contributed by atoms with Crippen LogP contribution in [0.2, 0.25) is 0 Å². The summed E-state index contributed by atoms with van der Waals surface area (Å²) in [6.45, 7) is 2.01. The van der Waals surface area contributed by atoms with Gasteiger partial charge in [-0.2, -0.15) is 10.2 Å². The van der Waals surface area contributed by atoms with Crippen molar-refractivity contribution in [1.29, 1.82) is 0 Å². The zero-order valence-corrected chi connectivity index (χ0v) is 7.94. The van der Waals surface area contributed by atoms with E-state index in [2.05, 4.69) is 10.2 Å². The van der Waals surface area contributed by atoms with Crippen LogP contribution in [-0.4, -0.2) is 10.2 Å². The summed E-state index contributed by atoms with van der Waals surface area (Å²) in [7, 11) is 0. The standard InChI is InChI=1S/C11H11N3/c1-8-6-7-13-14-11(8)9-2-4-10(12)5-3-9/h2-7H,12H2,1H3. The van der Waals surface area contributed by atoms with E-state index in [0.29, 0.717) is 0 Å². The molecule has 1 heterocycles. The highest BCUT2D eigenvalue weighted by Gasteiger charge is 2.02. The highest BCUT2D eigenvalue weighted by Crippen LogP contribution is 2.20. The second-order valence-corrected chi connectivity index (χ2v) is 3.18. The van der Waals surface area contributed by atoms with Crippen molar-refractivity contribution in [2.24, 2.45) is 0 Å². The van der Waals surface area contributed by atoms with Gasteiger partial charge >= 0.3 is 0 Å². The lowest BCUT2D eigenvalue weighted by Gasteiger charge is -2.02. The molecule has 70 valence electrons. The fourth-order valence-corrected chi connectivity index (χ4v) is 1.32. The molecule has 3 heteroatoms.